The third-order valence-electron chi connectivity index (χ3n) is 6.16. The van der Waals surface area contributed by atoms with Crippen molar-refractivity contribution in [2.45, 2.75) is 31.6 Å². The van der Waals surface area contributed by atoms with Crippen molar-refractivity contribution >= 4 is 17.5 Å². The number of rotatable bonds is 4. The van der Waals surface area contributed by atoms with Gasteiger partial charge in [0.15, 0.2) is 5.78 Å². The van der Waals surface area contributed by atoms with Crippen molar-refractivity contribution in [2.24, 2.45) is 10.9 Å². The maximum atomic E-state index is 14.8. The van der Waals surface area contributed by atoms with Gasteiger partial charge in [0.25, 0.3) is 0 Å². The number of halogens is 1. The van der Waals surface area contributed by atoms with E-state index in [0.717, 1.165) is 11.3 Å². The summed E-state index contributed by atoms with van der Waals surface area (Å²) in [7, 11) is 2.89. The molecule has 1 unspecified atom stereocenters. The smallest absolute Gasteiger partial charge is 0.315 e. The zero-order chi connectivity index (χ0) is 22.1. The number of Topliss-reactive ketones (excluding diaryl/α,β-unsaturated/α-hetero) is 1. The van der Waals surface area contributed by atoms with E-state index >= 15 is 0 Å². The number of hydrogen-bond acceptors (Lipinski definition) is 5. The Kier molecular flexibility index (Phi) is 5.72. The standard InChI is InChI=1S/C25H24FNO4/c1-14-22(25(29)31-3)23(17-9-4-6-10-18(17)26)24-19(27-14)12-15(13-20(24)28)16-8-5-7-11-21(16)30-2/h4-11,15,22-23H,12-13H2,1-3H3/t15-,22?,23+/m1/s1. The first kappa shape index (κ1) is 21.0. The number of ketones is 1. The fourth-order valence-corrected chi connectivity index (χ4v) is 4.78. The Balaban J connectivity index is 1.84. The summed E-state index contributed by atoms with van der Waals surface area (Å²) in [6.07, 6.45) is 0.754. The molecule has 0 saturated carbocycles. The van der Waals surface area contributed by atoms with Crippen LogP contribution in [0.1, 0.15) is 42.7 Å². The van der Waals surface area contributed by atoms with Gasteiger partial charge in [0.1, 0.15) is 17.5 Å². The molecule has 0 radical (unpaired) electrons. The zero-order valence-corrected chi connectivity index (χ0v) is 17.7. The first-order chi connectivity index (χ1) is 15.0. The van der Waals surface area contributed by atoms with E-state index in [1.165, 1.54) is 13.2 Å². The van der Waals surface area contributed by atoms with E-state index in [-0.39, 0.29) is 18.1 Å². The highest BCUT2D eigenvalue weighted by atomic mass is 19.1. The number of para-hydroxylation sites is 1. The molecule has 3 atom stereocenters. The molecule has 0 amide bonds. The van der Waals surface area contributed by atoms with Crippen LogP contribution >= 0.6 is 0 Å². The molecular weight excluding hydrogens is 397 g/mol. The maximum absolute atomic E-state index is 14.8. The van der Waals surface area contributed by atoms with Gasteiger partial charge in [-0.2, -0.15) is 0 Å². The summed E-state index contributed by atoms with van der Waals surface area (Å²) in [6, 6.07) is 13.9. The summed E-state index contributed by atoms with van der Waals surface area (Å²) in [5.41, 5.74) is 2.79. The number of methoxy groups -OCH3 is 2. The van der Waals surface area contributed by atoms with Gasteiger partial charge < -0.3 is 9.47 Å². The minimum Gasteiger partial charge on any atom is -0.496 e. The molecule has 6 heteroatoms. The second-order valence-corrected chi connectivity index (χ2v) is 7.88. The Bertz CT molecular complexity index is 1100. The van der Waals surface area contributed by atoms with E-state index in [1.807, 2.05) is 24.3 Å². The maximum Gasteiger partial charge on any atom is 0.315 e. The van der Waals surface area contributed by atoms with E-state index in [4.69, 9.17) is 9.47 Å². The zero-order valence-electron chi connectivity index (χ0n) is 17.7. The molecular formula is C25H24FNO4. The average molecular weight is 421 g/mol. The predicted octanol–water partition coefficient (Wildman–Crippen LogP) is 4.58. The summed E-state index contributed by atoms with van der Waals surface area (Å²) in [5.74, 6) is -2.09. The number of ether oxygens (including phenoxy) is 2. The molecule has 1 heterocycles. The topological polar surface area (TPSA) is 65.0 Å². The van der Waals surface area contributed by atoms with Crippen molar-refractivity contribution in [3.05, 3.63) is 76.7 Å². The van der Waals surface area contributed by atoms with Crippen molar-refractivity contribution < 1.29 is 23.5 Å². The lowest BCUT2D eigenvalue weighted by Crippen LogP contribution is -2.38. The van der Waals surface area contributed by atoms with Crippen LogP contribution in [0.25, 0.3) is 0 Å². The van der Waals surface area contributed by atoms with Gasteiger partial charge in [-0.1, -0.05) is 36.4 Å². The summed E-state index contributed by atoms with van der Waals surface area (Å²) in [5, 5.41) is 0. The molecule has 0 saturated heterocycles. The molecule has 31 heavy (non-hydrogen) atoms. The Morgan fingerprint density at radius 3 is 2.39 bits per heavy atom. The lowest BCUT2D eigenvalue weighted by atomic mass is 9.69. The molecule has 0 bridgehead atoms. The number of hydrogen-bond donors (Lipinski definition) is 0. The van der Waals surface area contributed by atoms with Gasteiger partial charge in [0.05, 0.1) is 14.2 Å². The molecule has 1 aliphatic carbocycles. The summed E-state index contributed by atoms with van der Waals surface area (Å²) in [4.78, 5) is 30.7. The minimum atomic E-state index is -0.840. The highest BCUT2D eigenvalue weighted by molar-refractivity contribution is 6.09. The van der Waals surface area contributed by atoms with Gasteiger partial charge in [0.2, 0.25) is 0 Å². The van der Waals surface area contributed by atoms with Gasteiger partial charge in [-0.25, -0.2) is 4.39 Å². The third-order valence-corrected chi connectivity index (χ3v) is 6.16. The molecule has 0 fully saturated rings. The molecule has 5 nitrogen and oxygen atoms in total. The lowest BCUT2D eigenvalue weighted by Gasteiger charge is -2.36. The SMILES string of the molecule is COC(=O)C1C(C)=NC2=C(C(=O)C[C@H](c3ccccc3OC)C2)[C@H]1c1ccccc1F. The van der Waals surface area contributed by atoms with Crippen molar-refractivity contribution in [1.82, 2.24) is 0 Å². The highest BCUT2D eigenvalue weighted by Gasteiger charge is 2.45. The monoisotopic (exact) mass is 421 g/mol. The quantitative estimate of drug-likeness (QED) is 0.678. The fourth-order valence-electron chi connectivity index (χ4n) is 4.78. The second-order valence-electron chi connectivity index (χ2n) is 7.88. The first-order valence-corrected chi connectivity index (χ1v) is 10.2. The van der Waals surface area contributed by atoms with Crippen molar-refractivity contribution in [1.29, 1.82) is 0 Å². The van der Waals surface area contributed by atoms with Crippen LogP contribution in [0.5, 0.6) is 5.75 Å². The molecule has 2 aliphatic rings. The number of esters is 1. The highest BCUT2D eigenvalue weighted by Crippen LogP contribution is 2.48. The van der Waals surface area contributed by atoms with E-state index < -0.39 is 23.6 Å². The summed E-state index contributed by atoms with van der Waals surface area (Å²) < 4.78 is 25.3. The van der Waals surface area contributed by atoms with Crippen LogP contribution in [0.15, 0.2) is 64.8 Å². The average Bonchev–Trinajstić information content (AvgIpc) is 2.78. The number of allylic oxidation sites excluding steroid dienone is 2. The number of nitrogens with zero attached hydrogens (tertiary/aromatic N) is 1. The van der Waals surface area contributed by atoms with Gasteiger partial charge >= 0.3 is 5.97 Å². The van der Waals surface area contributed by atoms with Gasteiger partial charge in [-0.3, -0.25) is 14.6 Å². The van der Waals surface area contributed by atoms with Crippen LogP contribution in [0.3, 0.4) is 0 Å². The Labute approximate surface area is 180 Å². The molecule has 4 rings (SSSR count). The van der Waals surface area contributed by atoms with Crippen LogP contribution in [0.2, 0.25) is 0 Å². The van der Waals surface area contributed by atoms with Gasteiger partial charge in [-0.05, 0) is 36.6 Å². The van der Waals surface area contributed by atoms with Crippen LogP contribution in [0.4, 0.5) is 4.39 Å². The minimum absolute atomic E-state index is 0.102. The largest absolute Gasteiger partial charge is 0.496 e. The normalized spacial score (nSPS) is 23.2. The van der Waals surface area contributed by atoms with Crippen molar-refractivity contribution in [3.63, 3.8) is 0 Å². The fraction of sp³-hybridized carbons (Fsp3) is 0.320. The Hall–Kier alpha value is -3.28. The van der Waals surface area contributed by atoms with Crippen LogP contribution in [-0.2, 0) is 14.3 Å². The Morgan fingerprint density at radius 1 is 1.03 bits per heavy atom. The molecule has 2 aromatic carbocycles. The summed E-state index contributed by atoms with van der Waals surface area (Å²) >= 11 is 0. The van der Waals surface area contributed by atoms with Crippen molar-refractivity contribution in [3.8, 4) is 5.75 Å². The number of aliphatic imine (C=N–C) groups is 1. The van der Waals surface area contributed by atoms with E-state index in [1.54, 1.807) is 32.2 Å². The van der Waals surface area contributed by atoms with Crippen molar-refractivity contribution in [2.75, 3.05) is 14.2 Å². The van der Waals surface area contributed by atoms with E-state index in [9.17, 15) is 14.0 Å². The first-order valence-electron chi connectivity index (χ1n) is 10.2. The number of carbonyl (C=O) groups excluding carboxylic acids is 2. The molecule has 160 valence electrons. The van der Waals surface area contributed by atoms with Gasteiger partial charge in [0, 0.05) is 35.2 Å². The third kappa shape index (κ3) is 3.67. The molecule has 1 aliphatic heterocycles. The van der Waals surface area contributed by atoms with Gasteiger partial charge in [-0.15, -0.1) is 0 Å². The molecule has 0 N–H and O–H groups in total. The van der Waals surface area contributed by atoms with E-state index in [0.29, 0.717) is 29.0 Å². The van der Waals surface area contributed by atoms with E-state index in [2.05, 4.69) is 4.99 Å². The molecule has 2 aromatic rings. The molecule has 0 aromatic heterocycles. The summed E-state index contributed by atoms with van der Waals surface area (Å²) in [6.45, 7) is 1.73. The Morgan fingerprint density at radius 2 is 1.71 bits per heavy atom. The number of carbonyl (C=O) groups is 2. The van der Waals surface area contributed by atoms with Crippen LogP contribution < -0.4 is 4.74 Å². The van der Waals surface area contributed by atoms with Crippen LogP contribution in [0, 0.1) is 11.7 Å². The lowest BCUT2D eigenvalue weighted by molar-refractivity contribution is -0.143. The number of benzene rings is 2. The predicted molar refractivity (Wildman–Crippen MR) is 115 cm³/mol. The second kappa shape index (κ2) is 8.46. The van der Waals surface area contributed by atoms with Crippen LogP contribution in [-0.4, -0.2) is 31.7 Å². The molecule has 0 spiro atoms.